The van der Waals surface area contributed by atoms with Gasteiger partial charge < -0.3 is 9.80 Å². The first-order valence-corrected chi connectivity index (χ1v) is 9.09. The zero-order valence-electron chi connectivity index (χ0n) is 14.3. The van der Waals surface area contributed by atoms with E-state index in [1.165, 1.54) is 44.5 Å². The van der Waals surface area contributed by atoms with Crippen molar-refractivity contribution < 1.29 is 0 Å². The minimum absolute atomic E-state index is 0.761. The molecule has 5 unspecified atom stereocenters. The highest BCUT2D eigenvalue weighted by atomic mass is 15.2. The molecule has 1 aliphatic carbocycles. The minimum atomic E-state index is 0.761. The molecule has 1 aromatic carbocycles. The molecule has 1 aromatic rings. The van der Waals surface area contributed by atoms with Crippen molar-refractivity contribution in [2.75, 3.05) is 33.7 Å². The van der Waals surface area contributed by atoms with Gasteiger partial charge in [-0.25, -0.2) is 0 Å². The summed E-state index contributed by atoms with van der Waals surface area (Å²) in [4.78, 5) is 5.26. The van der Waals surface area contributed by atoms with Crippen LogP contribution in [-0.2, 0) is 0 Å². The largest absolute Gasteiger partial charge is 0.306 e. The van der Waals surface area contributed by atoms with Gasteiger partial charge in [0.05, 0.1) is 0 Å². The van der Waals surface area contributed by atoms with Crippen LogP contribution < -0.4 is 0 Å². The molecule has 120 valence electrons. The Morgan fingerprint density at radius 1 is 0.955 bits per heavy atom. The molecule has 3 fully saturated rings. The van der Waals surface area contributed by atoms with Crippen LogP contribution in [0.1, 0.15) is 36.3 Å². The minimum Gasteiger partial charge on any atom is -0.306 e. The Kier molecular flexibility index (Phi) is 3.78. The van der Waals surface area contributed by atoms with Gasteiger partial charge in [0.15, 0.2) is 0 Å². The molecule has 0 aromatic heterocycles. The van der Waals surface area contributed by atoms with Gasteiger partial charge in [0.25, 0.3) is 0 Å². The van der Waals surface area contributed by atoms with Crippen LogP contribution in [-0.4, -0.2) is 49.6 Å². The molecule has 5 atom stereocenters. The molecule has 2 nitrogen and oxygen atoms in total. The summed E-state index contributed by atoms with van der Waals surface area (Å²) in [5.41, 5.74) is 2.97. The summed E-state index contributed by atoms with van der Waals surface area (Å²) in [7, 11) is 4.69. The normalized spacial score (nSPS) is 39.5. The van der Waals surface area contributed by atoms with Crippen LogP contribution in [0.5, 0.6) is 0 Å². The van der Waals surface area contributed by atoms with E-state index in [2.05, 4.69) is 55.1 Å². The second-order valence-corrected chi connectivity index (χ2v) is 8.16. The Labute approximate surface area is 135 Å². The Hall–Kier alpha value is -0.860. The van der Waals surface area contributed by atoms with Crippen molar-refractivity contribution in [3.8, 4) is 0 Å². The van der Waals surface area contributed by atoms with Crippen molar-refractivity contribution >= 4 is 0 Å². The second-order valence-electron chi connectivity index (χ2n) is 8.16. The molecule has 2 saturated heterocycles. The van der Waals surface area contributed by atoms with Crippen LogP contribution in [0.25, 0.3) is 0 Å². The SMILES string of the molecule is Cc1ccc(C2CC3C(CCCN3C)C3CN(C)CC23)cc1. The summed E-state index contributed by atoms with van der Waals surface area (Å²) in [5.74, 6) is 3.49. The first kappa shape index (κ1) is 14.7. The number of benzene rings is 1. The van der Waals surface area contributed by atoms with E-state index in [0.717, 1.165) is 29.7 Å². The lowest BCUT2D eigenvalue weighted by Gasteiger charge is -2.50. The molecule has 4 rings (SSSR count). The molecule has 0 bridgehead atoms. The van der Waals surface area contributed by atoms with Crippen molar-refractivity contribution in [1.82, 2.24) is 9.80 Å². The molecule has 0 N–H and O–H groups in total. The molecular weight excluding hydrogens is 268 g/mol. The molecule has 0 radical (unpaired) electrons. The number of fused-ring (bicyclic) bond motifs is 3. The van der Waals surface area contributed by atoms with Crippen LogP contribution in [0, 0.1) is 24.7 Å². The van der Waals surface area contributed by atoms with Gasteiger partial charge in [-0.1, -0.05) is 29.8 Å². The van der Waals surface area contributed by atoms with Crippen molar-refractivity contribution in [1.29, 1.82) is 0 Å². The van der Waals surface area contributed by atoms with Crippen molar-refractivity contribution in [3.63, 3.8) is 0 Å². The van der Waals surface area contributed by atoms with Crippen LogP contribution in [0.4, 0.5) is 0 Å². The maximum atomic E-state index is 2.67. The van der Waals surface area contributed by atoms with Gasteiger partial charge >= 0.3 is 0 Å². The molecule has 1 saturated carbocycles. The van der Waals surface area contributed by atoms with Crippen LogP contribution in [0.15, 0.2) is 24.3 Å². The highest BCUT2D eigenvalue weighted by Crippen LogP contribution is 2.51. The number of hydrogen-bond donors (Lipinski definition) is 0. The van der Waals surface area contributed by atoms with E-state index in [9.17, 15) is 0 Å². The van der Waals surface area contributed by atoms with E-state index in [1.54, 1.807) is 5.56 Å². The van der Waals surface area contributed by atoms with E-state index in [-0.39, 0.29) is 0 Å². The third-order valence-electron chi connectivity index (χ3n) is 6.77. The number of rotatable bonds is 1. The van der Waals surface area contributed by atoms with Crippen molar-refractivity contribution in [3.05, 3.63) is 35.4 Å². The average molecular weight is 298 g/mol. The van der Waals surface area contributed by atoms with Gasteiger partial charge in [-0.05, 0) is 76.1 Å². The quantitative estimate of drug-likeness (QED) is 0.784. The van der Waals surface area contributed by atoms with Crippen molar-refractivity contribution in [2.45, 2.75) is 38.1 Å². The fourth-order valence-electron chi connectivity index (χ4n) is 5.69. The molecular formula is C20H30N2. The number of nitrogens with zero attached hydrogens (tertiary/aromatic N) is 2. The van der Waals surface area contributed by atoms with Crippen LogP contribution in [0.3, 0.4) is 0 Å². The monoisotopic (exact) mass is 298 g/mol. The fourth-order valence-corrected chi connectivity index (χ4v) is 5.69. The molecule has 0 spiro atoms. The topological polar surface area (TPSA) is 6.48 Å². The van der Waals surface area contributed by atoms with E-state index >= 15 is 0 Å². The standard InChI is InChI=1S/C20H30N2/c1-14-6-8-15(9-7-14)17-11-20-16(5-4-10-22(20)3)18-12-21(2)13-19(17)18/h6-9,16-20H,4-5,10-13H2,1-3H3. The molecule has 22 heavy (non-hydrogen) atoms. The number of aryl methyl sites for hydroxylation is 1. The van der Waals surface area contributed by atoms with Crippen molar-refractivity contribution in [2.24, 2.45) is 17.8 Å². The van der Waals surface area contributed by atoms with Crippen LogP contribution in [0.2, 0.25) is 0 Å². The van der Waals surface area contributed by atoms with E-state index in [1.807, 2.05) is 0 Å². The first-order chi connectivity index (χ1) is 10.6. The maximum Gasteiger partial charge on any atom is 0.0130 e. The fraction of sp³-hybridized carbons (Fsp3) is 0.700. The van der Waals surface area contributed by atoms with Gasteiger partial charge in [-0.3, -0.25) is 0 Å². The third kappa shape index (κ3) is 2.41. The molecule has 2 heterocycles. The molecule has 0 amide bonds. The number of likely N-dealkylation sites (tertiary alicyclic amines) is 2. The van der Waals surface area contributed by atoms with E-state index in [4.69, 9.17) is 0 Å². The number of piperidine rings is 1. The summed E-state index contributed by atoms with van der Waals surface area (Å²) in [6.07, 6.45) is 4.24. The third-order valence-corrected chi connectivity index (χ3v) is 6.77. The zero-order chi connectivity index (χ0) is 15.3. The van der Waals surface area contributed by atoms with Gasteiger partial charge in [0.1, 0.15) is 0 Å². The lowest BCUT2D eigenvalue weighted by molar-refractivity contribution is 0.0181. The highest BCUT2D eigenvalue weighted by Gasteiger charge is 2.50. The first-order valence-electron chi connectivity index (χ1n) is 9.09. The number of hydrogen-bond acceptors (Lipinski definition) is 2. The van der Waals surface area contributed by atoms with Gasteiger partial charge in [-0.15, -0.1) is 0 Å². The Bertz CT molecular complexity index is 523. The van der Waals surface area contributed by atoms with Gasteiger partial charge in [-0.2, -0.15) is 0 Å². The molecule has 2 heteroatoms. The summed E-state index contributed by atoms with van der Waals surface area (Å²) in [6.45, 7) is 6.12. The highest BCUT2D eigenvalue weighted by molar-refractivity contribution is 5.27. The summed E-state index contributed by atoms with van der Waals surface area (Å²) < 4.78 is 0. The predicted molar refractivity (Wildman–Crippen MR) is 92.2 cm³/mol. The Balaban J connectivity index is 1.67. The summed E-state index contributed by atoms with van der Waals surface area (Å²) >= 11 is 0. The van der Waals surface area contributed by atoms with Gasteiger partial charge in [0.2, 0.25) is 0 Å². The second kappa shape index (κ2) is 5.65. The lowest BCUT2D eigenvalue weighted by Crippen LogP contribution is -2.52. The van der Waals surface area contributed by atoms with Gasteiger partial charge in [0, 0.05) is 19.1 Å². The Morgan fingerprint density at radius 2 is 1.68 bits per heavy atom. The summed E-state index contributed by atoms with van der Waals surface area (Å²) in [5, 5.41) is 0. The average Bonchev–Trinajstić information content (AvgIpc) is 2.90. The molecule has 2 aliphatic heterocycles. The smallest absolute Gasteiger partial charge is 0.0130 e. The Morgan fingerprint density at radius 3 is 2.45 bits per heavy atom. The molecule has 3 aliphatic rings. The zero-order valence-corrected chi connectivity index (χ0v) is 14.3. The van der Waals surface area contributed by atoms with E-state index in [0.29, 0.717) is 0 Å². The predicted octanol–water partition coefficient (Wildman–Crippen LogP) is 3.37. The maximum absolute atomic E-state index is 2.67. The van der Waals surface area contributed by atoms with Crippen LogP contribution >= 0.6 is 0 Å². The summed E-state index contributed by atoms with van der Waals surface area (Å²) in [6, 6.07) is 10.2. The lowest BCUT2D eigenvalue weighted by atomic mass is 9.61. The van der Waals surface area contributed by atoms with E-state index < -0.39 is 0 Å².